The number of nitrogens with zero attached hydrogens (tertiary/aromatic N) is 3. The van der Waals surface area contributed by atoms with Gasteiger partial charge in [0.1, 0.15) is 17.0 Å². The largest absolute Gasteiger partial charge is 0.485 e. The van der Waals surface area contributed by atoms with Crippen LogP contribution in [0.2, 0.25) is 0 Å². The molecular formula is C24H18N4OS2. The van der Waals surface area contributed by atoms with Gasteiger partial charge in [-0.15, -0.1) is 0 Å². The van der Waals surface area contributed by atoms with E-state index in [-0.39, 0.29) is 0 Å². The minimum atomic E-state index is 0.456. The molecule has 0 fully saturated rings. The first-order chi connectivity index (χ1) is 15.3. The zero-order valence-corrected chi connectivity index (χ0v) is 18.1. The Labute approximate surface area is 188 Å². The number of hydrogen-bond acceptors (Lipinski definition) is 7. The van der Waals surface area contributed by atoms with Gasteiger partial charge in [0.05, 0.1) is 0 Å². The van der Waals surface area contributed by atoms with Crippen molar-refractivity contribution in [1.29, 1.82) is 0 Å². The summed E-state index contributed by atoms with van der Waals surface area (Å²) in [5, 5.41) is 4.04. The summed E-state index contributed by atoms with van der Waals surface area (Å²) >= 11 is 3.14. The summed E-state index contributed by atoms with van der Waals surface area (Å²) in [6.45, 7) is 0.456. The highest BCUT2D eigenvalue weighted by atomic mass is 32.2. The first-order valence-corrected chi connectivity index (χ1v) is 11.3. The molecule has 0 atom stereocenters. The van der Waals surface area contributed by atoms with Crippen LogP contribution in [-0.4, -0.2) is 15.0 Å². The Bertz CT molecular complexity index is 1260. The molecule has 1 N–H and O–H groups in total. The third kappa shape index (κ3) is 4.84. The molecule has 0 saturated heterocycles. The molecule has 2 aromatic carbocycles. The highest BCUT2D eigenvalue weighted by Gasteiger charge is 2.12. The number of benzene rings is 2. The summed E-state index contributed by atoms with van der Waals surface area (Å²) in [6.07, 6.45) is 3.62. The van der Waals surface area contributed by atoms with E-state index >= 15 is 0 Å². The van der Waals surface area contributed by atoms with Gasteiger partial charge in [0.2, 0.25) is 0 Å². The molecule has 0 bridgehead atoms. The highest BCUT2D eigenvalue weighted by molar-refractivity contribution is 7.99. The van der Waals surface area contributed by atoms with Crippen molar-refractivity contribution >= 4 is 44.4 Å². The Hall–Kier alpha value is -3.42. The van der Waals surface area contributed by atoms with Gasteiger partial charge in [0.25, 0.3) is 0 Å². The number of nitrogens with one attached hydrogen (secondary N) is 1. The fourth-order valence-corrected chi connectivity index (χ4v) is 4.61. The standard InChI is InChI=1S/C24H18N4OS2/c1-3-8-17(9-4-1)16-29-21-14-19(30-18-10-5-2-6-11-18)15-26-22(21)28-24-27-20-12-7-13-25-23(20)31-24/h1-15H,16H2,(H,26,27,28). The van der Waals surface area contributed by atoms with Crippen LogP contribution < -0.4 is 10.1 Å². The second-order valence-corrected chi connectivity index (χ2v) is 8.80. The van der Waals surface area contributed by atoms with E-state index in [1.54, 1.807) is 18.0 Å². The molecule has 0 saturated carbocycles. The Morgan fingerprint density at radius 1 is 0.871 bits per heavy atom. The van der Waals surface area contributed by atoms with Crippen LogP contribution in [0.3, 0.4) is 0 Å². The lowest BCUT2D eigenvalue weighted by Crippen LogP contribution is -2.01. The predicted molar refractivity (Wildman–Crippen MR) is 126 cm³/mol. The third-order valence-corrected chi connectivity index (χ3v) is 6.30. The molecular weight excluding hydrogens is 424 g/mol. The number of anilines is 2. The lowest BCUT2D eigenvalue weighted by Gasteiger charge is -2.13. The molecule has 3 heterocycles. The maximum Gasteiger partial charge on any atom is 0.191 e. The Morgan fingerprint density at radius 3 is 2.48 bits per heavy atom. The highest BCUT2D eigenvalue weighted by Crippen LogP contribution is 2.35. The molecule has 5 nitrogen and oxygen atoms in total. The van der Waals surface area contributed by atoms with Crippen molar-refractivity contribution in [3.8, 4) is 5.75 Å². The van der Waals surface area contributed by atoms with Crippen molar-refractivity contribution < 1.29 is 4.74 Å². The number of thiazole rings is 1. The molecule has 0 aliphatic carbocycles. The van der Waals surface area contributed by atoms with Crippen LogP contribution in [-0.2, 0) is 6.61 Å². The van der Waals surface area contributed by atoms with E-state index in [4.69, 9.17) is 4.74 Å². The molecule has 5 rings (SSSR count). The van der Waals surface area contributed by atoms with E-state index in [2.05, 4.69) is 32.4 Å². The van der Waals surface area contributed by atoms with Gasteiger partial charge in [0, 0.05) is 22.2 Å². The average molecular weight is 443 g/mol. The van der Waals surface area contributed by atoms with Gasteiger partial charge in [-0.3, -0.25) is 0 Å². The average Bonchev–Trinajstić information content (AvgIpc) is 3.23. The van der Waals surface area contributed by atoms with Gasteiger partial charge >= 0.3 is 0 Å². The van der Waals surface area contributed by atoms with Crippen molar-refractivity contribution in [2.75, 3.05) is 5.32 Å². The van der Waals surface area contributed by atoms with Crippen LogP contribution in [0.5, 0.6) is 5.75 Å². The van der Waals surface area contributed by atoms with Crippen molar-refractivity contribution in [2.24, 2.45) is 0 Å². The first-order valence-electron chi connectivity index (χ1n) is 9.72. The van der Waals surface area contributed by atoms with Crippen LogP contribution in [0.25, 0.3) is 10.3 Å². The van der Waals surface area contributed by atoms with Crippen LogP contribution in [0.4, 0.5) is 10.9 Å². The number of ether oxygens (including phenoxy) is 1. The Kier molecular flexibility index (Phi) is 5.77. The fraction of sp³-hybridized carbons (Fsp3) is 0.0417. The molecule has 0 amide bonds. The van der Waals surface area contributed by atoms with Gasteiger partial charge in [-0.1, -0.05) is 71.6 Å². The van der Waals surface area contributed by atoms with E-state index < -0.39 is 0 Å². The zero-order chi connectivity index (χ0) is 20.9. The smallest absolute Gasteiger partial charge is 0.191 e. The molecule has 152 valence electrons. The Balaban J connectivity index is 1.43. The SMILES string of the molecule is c1ccc(COc2cc(Sc3ccccc3)cnc2Nc2nc3cccnc3s2)cc1. The van der Waals surface area contributed by atoms with E-state index in [1.807, 2.05) is 72.9 Å². The van der Waals surface area contributed by atoms with Gasteiger partial charge in [-0.25, -0.2) is 15.0 Å². The molecule has 7 heteroatoms. The topological polar surface area (TPSA) is 59.9 Å². The van der Waals surface area contributed by atoms with E-state index in [9.17, 15) is 0 Å². The molecule has 31 heavy (non-hydrogen) atoms. The van der Waals surface area contributed by atoms with Crippen LogP contribution in [0.1, 0.15) is 5.56 Å². The molecule has 0 aliphatic rings. The third-order valence-electron chi connectivity index (χ3n) is 4.44. The number of aromatic nitrogens is 3. The lowest BCUT2D eigenvalue weighted by molar-refractivity contribution is 0.306. The number of pyridine rings is 2. The van der Waals surface area contributed by atoms with Gasteiger partial charge in [-0.05, 0) is 35.9 Å². The molecule has 3 aromatic heterocycles. The summed E-state index contributed by atoms with van der Waals surface area (Å²) in [6, 6.07) is 26.2. The second kappa shape index (κ2) is 9.16. The second-order valence-electron chi connectivity index (χ2n) is 6.68. The van der Waals surface area contributed by atoms with Gasteiger partial charge in [-0.2, -0.15) is 0 Å². The van der Waals surface area contributed by atoms with Crippen molar-refractivity contribution in [1.82, 2.24) is 15.0 Å². The molecule has 5 aromatic rings. The lowest BCUT2D eigenvalue weighted by atomic mass is 10.2. The fourth-order valence-electron chi connectivity index (χ4n) is 2.97. The zero-order valence-electron chi connectivity index (χ0n) is 16.4. The van der Waals surface area contributed by atoms with Crippen molar-refractivity contribution in [3.05, 3.63) is 96.8 Å². The Morgan fingerprint density at radius 2 is 1.68 bits per heavy atom. The summed E-state index contributed by atoms with van der Waals surface area (Å²) in [5.41, 5.74) is 1.96. The first kappa shape index (κ1) is 19.5. The minimum Gasteiger partial charge on any atom is -0.485 e. The minimum absolute atomic E-state index is 0.456. The maximum atomic E-state index is 6.17. The van der Waals surface area contributed by atoms with E-state index in [1.165, 1.54) is 11.3 Å². The van der Waals surface area contributed by atoms with Crippen LogP contribution in [0.15, 0.2) is 101 Å². The quantitative estimate of drug-likeness (QED) is 0.308. The van der Waals surface area contributed by atoms with E-state index in [0.29, 0.717) is 18.2 Å². The summed E-state index contributed by atoms with van der Waals surface area (Å²) in [7, 11) is 0. The normalized spacial score (nSPS) is 10.8. The van der Waals surface area contributed by atoms with Gasteiger partial charge in [0.15, 0.2) is 16.7 Å². The number of fused-ring (bicyclic) bond motifs is 1. The summed E-state index contributed by atoms with van der Waals surface area (Å²) in [4.78, 5) is 16.6. The van der Waals surface area contributed by atoms with Gasteiger partial charge < -0.3 is 10.1 Å². The van der Waals surface area contributed by atoms with E-state index in [0.717, 1.165) is 30.8 Å². The number of rotatable bonds is 7. The van der Waals surface area contributed by atoms with Crippen LogP contribution >= 0.6 is 23.1 Å². The van der Waals surface area contributed by atoms with Crippen LogP contribution in [0, 0.1) is 0 Å². The molecule has 0 aliphatic heterocycles. The summed E-state index contributed by atoms with van der Waals surface area (Å²) in [5.74, 6) is 1.31. The monoisotopic (exact) mass is 442 g/mol. The maximum absolute atomic E-state index is 6.17. The molecule has 0 radical (unpaired) electrons. The summed E-state index contributed by atoms with van der Waals surface area (Å²) < 4.78 is 6.17. The molecule has 0 unspecified atom stereocenters. The number of hydrogen-bond donors (Lipinski definition) is 1. The van der Waals surface area contributed by atoms with Crippen molar-refractivity contribution in [2.45, 2.75) is 16.4 Å². The predicted octanol–water partition coefficient (Wildman–Crippen LogP) is 6.56. The van der Waals surface area contributed by atoms with Crippen molar-refractivity contribution in [3.63, 3.8) is 0 Å². The molecule has 0 spiro atoms.